The molecule has 0 bridgehead atoms. The second kappa shape index (κ2) is 7.83. The van der Waals surface area contributed by atoms with Gasteiger partial charge in [0.05, 0.1) is 10.6 Å². The zero-order chi connectivity index (χ0) is 19.8. The normalized spacial score (nSPS) is 17.8. The van der Waals surface area contributed by atoms with E-state index in [0.717, 1.165) is 0 Å². The summed E-state index contributed by atoms with van der Waals surface area (Å²) >= 11 is 13.5. The van der Waals surface area contributed by atoms with Crippen molar-refractivity contribution in [3.63, 3.8) is 0 Å². The predicted molar refractivity (Wildman–Crippen MR) is 108 cm³/mol. The molecule has 0 saturated heterocycles. The third-order valence-electron chi connectivity index (χ3n) is 4.25. The van der Waals surface area contributed by atoms with Gasteiger partial charge in [-0.3, -0.25) is 4.79 Å². The molecule has 1 heterocycles. The first-order valence-corrected chi connectivity index (χ1v) is 9.98. The summed E-state index contributed by atoms with van der Waals surface area (Å²) in [6.07, 6.45) is 0.519. The molecule has 1 aromatic rings. The fourth-order valence-corrected chi connectivity index (χ4v) is 4.63. The molecule has 0 aliphatic carbocycles. The quantitative estimate of drug-likeness (QED) is 0.685. The monoisotopic (exact) mass is 415 g/mol. The van der Waals surface area contributed by atoms with Crippen LogP contribution < -0.4 is 0 Å². The number of nitrogens with zero attached hydrogens (tertiary/aromatic N) is 1. The van der Waals surface area contributed by atoms with E-state index >= 15 is 0 Å². The molecule has 26 heavy (non-hydrogen) atoms. The highest BCUT2D eigenvalue weighted by Gasteiger charge is 2.40. The Balaban J connectivity index is 2.49. The van der Waals surface area contributed by atoms with Crippen LogP contribution in [0.5, 0.6) is 0 Å². The molecule has 1 N–H and O–H groups in total. The molecular formula is C19H23Cl2NO3S. The number of aliphatic carboxylic acids is 1. The minimum atomic E-state index is -1.00. The first-order valence-electron chi connectivity index (χ1n) is 8.35. The molecule has 1 unspecified atom stereocenters. The maximum absolute atomic E-state index is 13.2. The topological polar surface area (TPSA) is 57.6 Å². The number of allylic oxidation sites excluding steroid dienone is 1. The molecule has 0 saturated carbocycles. The Morgan fingerprint density at radius 1 is 1.27 bits per heavy atom. The Kier molecular flexibility index (Phi) is 6.36. The first kappa shape index (κ1) is 21.1. The third-order valence-corrected chi connectivity index (χ3v) is 6.60. The molecule has 0 spiro atoms. The van der Waals surface area contributed by atoms with Gasteiger partial charge >= 0.3 is 5.97 Å². The molecule has 0 radical (unpaired) electrons. The fourth-order valence-electron chi connectivity index (χ4n) is 2.85. The van der Waals surface area contributed by atoms with Crippen molar-refractivity contribution in [1.82, 2.24) is 4.90 Å². The molecule has 1 amide bonds. The van der Waals surface area contributed by atoms with E-state index in [0.29, 0.717) is 22.7 Å². The van der Waals surface area contributed by atoms with E-state index in [1.807, 2.05) is 13.8 Å². The molecule has 1 aliphatic heterocycles. The van der Waals surface area contributed by atoms with Crippen LogP contribution in [0, 0.1) is 5.41 Å². The lowest BCUT2D eigenvalue weighted by Crippen LogP contribution is -2.37. The zero-order valence-electron chi connectivity index (χ0n) is 15.5. The standard InChI is InChI=1S/C19H23Cl2NO3S/c1-10(2)22(17(23)12-7-6-11(20)8-13(12)21)14-9-15(19(3,4)5)26-16(14)18(24)25/h6-8,10,15H,9H2,1-5H3,(H,24,25). The van der Waals surface area contributed by atoms with E-state index in [-0.39, 0.29) is 32.5 Å². The van der Waals surface area contributed by atoms with Crippen LogP contribution in [0.25, 0.3) is 0 Å². The maximum atomic E-state index is 13.2. The number of amides is 1. The van der Waals surface area contributed by atoms with E-state index in [9.17, 15) is 14.7 Å². The molecule has 1 aliphatic rings. The molecule has 7 heteroatoms. The van der Waals surface area contributed by atoms with Crippen molar-refractivity contribution in [3.8, 4) is 0 Å². The van der Waals surface area contributed by atoms with Gasteiger partial charge in [0.15, 0.2) is 0 Å². The first-order chi connectivity index (χ1) is 11.9. The average Bonchev–Trinajstić information content (AvgIpc) is 2.91. The molecular weight excluding hydrogens is 393 g/mol. The number of benzene rings is 1. The smallest absolute Gasteiger partial charge is 0.343 e. The van der Waals surface area contributed by atoms with E-state index in [2.05, 4.69) is 20.8 Å². The Bertz CT molecular complexity index is 769. The van der Waals surface area contributed by atoms with Crippen molar-refractivity contribution < 1.29 is 14.7 Å². The van der Waals surface area contributed by atoms with Gasteiger partial charge < -0.3 is 10.0 Å². The molecule has 1 aromatic carbocycles. The van der Waals surface area contributed by atoms with Gasteiger partial charge in [-0.1, -0.05) is 44.0 Å². The van der Waals surface area contributed by atoms with Crippen LogP contribution in [-0.4, -0.2) is 33.2 Å². The largest absolute Gasteiger partial charge is 0.477 e. The number of hydrogen-bond donors (Lipinski definition) is 1. The Morgan fingerprint density at radius 3 is 2.35 bits per heavy atom. The van der Waals surface area contributed by atoms with Gasteiger partial charge in [0.1, 0.15) is 4.91 Å². The molecule has 0 aromatic heterocycles. The third kappa shape index (κ3) is 4.38. The molecule has 4 nitrogen and oxygen atoms in total. The summed E-state index contributed by atoms with van der Waals surface area (Å²) in [5.74, 6) is -1.32. The second-order valence-electron chi connectivity index (χ2n) is 7.65. The van der Waals surface area contributed by atoms with Crippen molar-refractivity contribution in [2.45, 2.75) is 52.3 Å². The van der Waals surface area contributed by atoms with Gasteiger partial charge in [0, 0.05) is 28.4 Å². The van der Waals surface area contributed by atoms with Crippen LogP contribution in [0.3, 0.4) is 0 Å². The molecule has 0 fully saturated rings. The highest BCUT2D eigenvalue weighted by Crippen LogP contribution is 2.47. The van der Waals surface area contributed by atoms with Gasteiger partial charge in [0.25, 0.3) is 5.91 Å². The van der Waals surface area contributed by atoms with Crippen LogP contribution >= 0.6 is 35.0 Å². The SMILES string of the molecule is CC(C)N(C(=O)c1ccc(Cl)cc1Cl)C1=C(C(=O)O)SC(C(C)(C)C)C1. The van der Waals surface area contributed by atoms with E-state index in [1.165, 1.54) is 17.8 Å². The Labute approximate surface area is 168 Å². The van der Waals surface area contributed by atoms with E-state index in [1.54, 1.807) is 17.0 Å². The van der Waals surface area contributed by atoms with Crippen molar-refractivity contribution in [2.75, 3.05) is 0 Å². The van der Waals surface area contributed by atoms with Gasteiger partial charge in [-0.05, 0) is 37.5 Å². The summed E-state index contributed by atoms with van der Waals surface area (Å²) in [6, 6.07) is 4.49. The van der Waals surface area contributed by atoms with Crippen LogP contribution in [0.15, 0.2) is 28.8 Å². The Morgan fingerprint density at radius 2 is 1.88 bits per heavy atom. The van der Waals surface area contributed by atoms with Gasteiger partial charge in [-0.2, -0.15) is 0 Å². The highest BCUT2D eigenvalue weighted by molar-refractivity contribution is 8.04. The summed E-state index contributed by atoms with van der Waals surface area (Å²) < 4.78 is 0. The maximum Gasteiger partial charge on any atom is 0.343 e. The highest BCUT2D eigenvalue weighted by atomic mass is 35.5. The van der Waals surface area contributed by atoms with Gasteiger partial charge in [-0.25, -0.2) is 4.79 Å². The number of carboxylic acid groups (broad SMARTS) is 1. The minimum Gasteiger partial charge on any atom is -0.477 e. The number of thioether (sulfide) groups is 1. The number of rotatable bonds is 4. The van der Waals surface area contributed by atoms with Crippen molar-refractivity contribution in [2.24, 2.45) is 5.41 Å². The second-order valence-corrected chi connectivity index (χ2v) is 9.71. The van der Waals surface area contributed by atoms with Crippen molar-refractivity contribution in [1.29, 1.82) is 0 Å². The lowest BCUT2D eigenvalue weighted by molar-refractivity contribution is -0.131. The summed E-state index contributed by atoms with van der Waals surface area (Å²) in [6.45, 7) is 9.95. The van der Waals surface area contributed by atoms with Gasteiger partial charge in [-0.15, -0.1) is 11.8 Å². The Hall–Kier alpha value is -1.17. The predicted octanol–water partition coefficient (Wildman–Crippen LogP) is 5.69. The summed E-state index contributed by atoms with van der Waals surface area (Å²) in [4.78, 5) is 26.8. The van der Waals surface area contributed by atoms with E-state index < -0.39 is 5.97 Å². The van der Waals surface area contributed by atoms with Gasteiger partial charge in [0.2, 0.25) is 0 Å². The lowest BCUT2D eigenvalue weighted by Gasteiger charge is -2.31. The number of hydrogen-bond acceptors (Lipinski definition) is 3. The lowest BCUT2D eigenvalue weighted by atomic mass is 9.89. The number of carbonyl (C=O) groups excluding carboxylic acids is 1. The summed E-state index contributed by atoms with van der Waals surface area (Å²) in [5.41, 5.74) is 0.774. The van der Waals surface area contributed by atoms with Crippen LogP contribution in [0.1, 0.15) is 51.4 Å². The van der Waals surface area contributed by atoms with Crippen LogP contribution in [-0.2, 0) is 4.79 Å². The van der Waals surface area contributed by atoms with Crippen molar-refractivity contribution >= 4 is 46.8 Å². The minimum absolute atomic E-state index is 0.0818. The van der Waals surface area contributed by atoms with Crippen LogP contribution in [0.2, 0.25) is 10.0 Å². The summed E-state index contributed by atoms with van der Waals surface area (Å²) in [5, 5.41) is 10.5. The van der Waals surface area contributed by atoms with Crippen LogP contribution in [0.4, 0.5) is 0 Å². The molecule has 142 valence electrons. The summed E-state index contributed by atoms with van der Waals surface area (Å²) in [7, 11) is 0. The zero-order valence-corrected chi connectivity index (χ0v) is 17.8. The number of halogens is 2. The number of carboxylic acids is 1. The molecule has 2 rings (SSSR count). The number of carbonyl (C=O) groups is 2. The van der Waals surface area contributed by atoms with Crippen molar-refractivity contribution in [3.05, 3.63) is 44.4 Å². The fraction of sp³-hybridized carbons (Fsp3) is 0.474. The van der Waals surface area contributed by atoms with E-state index in [4.69, 9.17) is 23.2 Å². The average molecular weight is 416 g/mol. The molecule has 1 atom stereocenters.